The molecule has 0 bridgehead atoms. The van der Waals surface area contributed by atoms with Gasteiger partial charge in [-0.25, -0.2) is 0 Å². The summed E-state index contributed by atoms with van der Waals surface area (Å²) in [5.74, 6) is 1.55. The SMILES string of the molecule is CCCC(CC[C@@H](O)CCN1CC[C@H](O)C(C)C1)NC(=O)c1cc2c(OCc3coc4cc(O[C@H]5CCOC5)ccc34)cccc2[nH]1. The van der Waals surface area contributed by atoms with Gasteiger partial charge in [-0.3, -0.25) is 4.79 Å². The topological polar surface area (TPSA) is 129 Å². The number of aromatic amines is 1. The van der Waals surface area contributed by atoms with Gasteiger partial charge in [0.05, 0.1) is 31.7 Å². The van der Waals surface area contributed by atoms with Crippen molar-refractivity contribution in [1.29, 1.82) is 0 Å². The lowest BCUT2D eigenvalue weighted by Crippen LogP contribution is -2.42. The number of nitrogens with zero attached hydrogens (tertiary/aromatic N) is 1. The van der Waals surface area contributed by atoms with Crippen molar-refractivity contribution in [3.63, 3.8) is 0 Å². The summed E-state index contributed by atoms with van der Waals surface area (Å²) in [6.07, 6.45) is 6.65. The van der Waals surface area contributed by atoms with Crippen LogP contribution >= 0.6 is 0 Å². The molecule has 1 amide bonds. The normalized spacial score (nSPS) is 21.7. The van der Waals surface area contributed by atoms with Gasteiger partial charge in [0.15, 0.2) is 0 Å². The first-order chi connectivity index (χ1) is 22.9. The molecule has 2 aromatic heterocycles. The van der Waals surface area contributed by atoms with Crippen molar-refractivity contribution in [1.82, 2.24) is 15.2 Å². The molecule has 254 valence electrons. The van der Waals surface area contributed by atoms with Gasteiger partial charge in [-0.05, 0) is 68.4 Å². The van der Waals surface area contributed by atoms with Gasteiger partial charge in [-0.1, -0.05) is 26.3 Å². The molecule has 2 fully saturated rings. The highest BCUT2D eigenvalue weighted by Gasteiger charge is 2.25. The third kappa shape index (κ3) is 8.48. The summed E-state index contributed by atoms with van der Waals surface area (Å²) in [6, 6.07) is 13.4. The number of hydrogen-bond donors (Lipinski definition) is 4. The first-order valence-corrected chi connectivity index (χ1v) is 17.2. The Bertz CT molecular complexity index is 1610. The smallest absolute Gasteiger partial charge is 0.267 e. The zero-order valence-electron chi connectivity index (χ0n) is 27.6. The number of ether oxygens (including phenoxy) is 3. The fourth-order valence-corrected chi connectivity index (χ4v) is 6.77. The Morgan fingerprint density at radius 3 is 2.83 bits per heavy atom. The maximum atomic E-state index is 13.4. The minimum absolute atomic E-state index is 0.0266. The van der Waals surface area contributed by atoms with Crippen molar-refractivity contribution >= 4 is 27.8 Å². The Hall–Kier alpha value is -3.57. The molecule has 4 heterocycles. The van der Waals surface area contributed by atoms with Crippen LogP contribution in [0.25, 0.3) is 21.9 Å². The van der Waals surface area contributed by atoms with Crippen LogP contribution in [0.2, 0.25) is 0 Å². The van der Waals surface area contributed by atoms with Crippen LogP contribution in [0.1, 0.15) is 74.8 Å². The summed E-state index contributed by atoms with van der Waals surface area (Å²) >= 11 is 0. The predicted molar refractivity (Wildman–Crippen MR) is 181 cm³/mol. The molecule has 6 rings (SSSR count). The molecule has 0 spiro atoms. The Balaban J connectivity index is 1.03. The molecule has 10 heteroatoms. The highest BCUT2D eigenvalue weighted by atomic mass is 16.5. The van der Waals surface area contributed by atoms with Crippen molar-refractivity contribution in [2.45, 2.75) is 89.8 Å². The summed E-state index contributed by atoms with van der Waals surface area (Å²) in [6.45, 7) is 8.41. The lowest BCUT2D eigenvalue weighted by molar-refractivity contribution is 0.0280. The zero-order chi connectivity index (χ0) is 32.8. The van der Waals surface area contributed by atoms with E-state index in [0.29, 0.717) is 43.9 Å². The fourth-order valence-electron chi connectivity index (χ4n) is 6.77. The fraction of sp³-hybridized carbons (Fsp3) is 0.541. The van der Waals surface area contributed by atoms with E-state index in [0.717, 1.165) is 85.1 Å². The summed E-state index contributed by atoms with van der Waals surface area (Å²) < 4.78 is 23.5. The van der Waals surface area contributed by atoms with Crippen LogP contribution < -0.4 is 14.8 Å². The number of rotatable bonds is 15. The van der Waals surface area contributed by atoms with E-state index in [4.69, 9.17) is 18.6 Å². The molecule has 4 aromatic rings. The molecule has 2 aromatic carbocycles. The van der Waals surface area contributed by atoms with Gasteiger partial charge in [0.1, 0.15) is 35.5 Å². The maximum absolute atomic E-state index is 13.4. The lowest BCUT2D eigenvalue weighted by atomic mass is 9.96. The van der Waals surface area contributed by atoms with E-state index in [9.17, 15) is 15.0 Å². The van der Waals surface area contributed by atoms with Crippen LogP contribution in [0.3, 0.4) is 0 Å². The van der Waals surface area contributed by atoms with Crippen molar-refractivity contribution in [2.75, 3.05) is 32.8 Å². The van der Waals surface area contributed by atoms with Crippen LogP contribution in [-0.2, 0) is 11.3 Å². The standard InChI is InChI=1S/C37H49N3O7/c1-3-5-26(8-9-27(41)12-15-40-16-13-34(42)24(2)20-40)38-37(43)33-19-31-32(39-33)6-4-7-35(31)45-21-25-22-46-36-18-28(10-11-30(25)36)47-29-14-17-44-23-29/h4,6-7,10-11,18-19,22,24,26-27,29,34,39,41-42H,3,5,8-9,12-17,20-21,23H2,1-2H3,(H,38,43)/t24?,26?,27-,29+,34+/m1/s1. The molecule has 2 aliphatic rings. The predicted octanol–water partition coefficient (Wildman–Crippen LogP) is 5.79. The van der Waals surface area contributed by atoms with Crippen molar-refractivity contribution < 1.29 is 33.6 Å². The third-order valence-electron chi connectivity index (χ3n) is 9.61. The minimum atomic E-state index is -0.420. The third-order valence-corrected chi connectivity index (χ3v) is 9.61. The second-order valence-electron chi connectivity index (χ2n) is 13.3. The van der Waals surface area contributed by atoms with E-state index >= 15 is 0 Å². The van der Waals surface area contributed by atoms with Gasteiger partial charge < -0.3 is 44.0 Å². The minimum Gasteiger partial charge on any atom is -0.488 e. The van der Waals surface area contributed by atoms with E-state index in [2.05, 4.69) is 29.0 Å². The molecule has 2 aliphatic heterocycles. The summed E-state index contributed by atoms with van der Waals surface area (Å²) in [4.78, 5) is 19.0. The van der Waals surface area contributed by atoms with Crippen molar-refractivity contribution in [3.8, 4) is 11.5 Å². The van der Waals surface area contributed by atoms with E-state index in [1.807, 2.05) is 42.5 Å². The lowest BCUT2D eigenvalue weighted by Gasteiger charge is -2.34. The molecule has 10 nitrogen and oxygen atoms in total. The highest BCUT2D eigenvalue weighted by molar-refractivity contribution is 5.99. The number of H-pyrrole nitrogens is 1. The number of aliphatic hydroxyl groups is 2. The maximum Gasteiger partial charge on any atom is 0.267 e. The van der Waals surface area contributed by atoms with Gasteiger partial charge in [0.2, 0.25) is 0 Å². The Labute approximate surface area is 276 Å². The largest absolute Gasteiger partial charge is 0.488 e. The number of nitrogens with one attached hydrogen (secondary N) is 2. The summed E-state index contributed by atoms with van der Waals surface area (Å²) in [5.41, 5.74) is 2.97. The number of likely N-dealkylation sites (tertiary alicyclic amines) is 1. The van der Waals surface area contributed by atoms with Crippen LogP contribution in [-0.4, -0.2) is 83.2 Å². The Morgan fingerprint density at radius 2 is 2.02 bits per heavy atom. The van der Waals surface area contributed by atoms with Gasteiger partial charge in [-0.2, -0.15) is 0 Å². The van der Waals surface area contributed by atoms with Gasteiger partial charge in [-0.15, -0.1) is 0 Å². The first kappa shape index (κ1) is 33.3. The molecular weight excluding hydrogens is 598 g/mol. The summed E-state index contributed by atoms with van der Waals surface area (Å²) in [5, 5.41) is 25.7. The second-order valence-corrected chi connectivity index (χ2v) is 13.3. The van der Waals surface area contributed by atoms with Crippen molar-refractivity contribution in [3.05, 3.63) is 60.0 Å². The number of aromatic nitrogens is 1. The number of amides is 1. The molecular formula is C37H49N3O7. The average molecular weight is 648 g/mol. The molecule has 2 saturated heterocycles. The molecule has 4 N–H and O–H groups in total. The summed E-state index contributed by atoms with van der Waals surface area (Å²) in [7, 11) is 0. The number of aliphatic hydroxyl groups excluding tert-OH is 2. The van der Waals surface area contributed by atoms with Gasteiger partial charge >= 0.3 is 0 Å². The Kier molecular flexibility index (Phi) is 11.0. The number of piperidine rings is 1. The van der Waals surface area contributed by atoms with E-state index in [-0.39, 0.29) is 30.1 Å². The van der Waals surface area contributed by atoms with Crippen molar-refractivity contribution in [2.24, 2.45) is 5.92 Å². The second kappa shape index (κ2) is 15.6. The number of carbonyl (C=O) groups is 1. The van der Waals surface area contributed by atoms with Gasteiger partial charge in [0, 0.05) is 60.0 Å². The molecule has 5 atom stereocenters. The zero-order valence-corrected chi connectivity index (χ0v) is 27.6. The van der Waals surface area contributed by atoms with Crippen LogP contribution in [0.5, 0.6) is 11.5 Å². The number of hydrogen-bond acceptors (Lipinski definition) is 8. The number of fused-ring (bicyclic) bond motifs is 2. The number of furan rings is 1. The van der Waals surface area contributed by atoms with E-state index in [1.54, 1.807) is 6.26 Å². The van der Waals surface area contributed by atoms with Crippen LogP contribution in [0.4, 0.5) is 0 Å². The quantitative estimate of drug-likeness (QED) is 0.128. The molecule has 47 heavy (non-hydrogen) atoms. The molecule has 0 saturated carbocycles. The van der Waals surface area contributed by atoms with E-state index in [1.165, 1.54) is 0 Å². The van der Waals surface area contributed by atoms with Gasteiger partial charge in [0.25, 0.3) is 5.91 Å². The highest BCUT2D eigenvalue weighted by Crippen LogP contribution is 2.31. The average Bonchev–Trinajstić information content (AvgIpc) is 3.84. The number of carbonyl (C=O) groups excluding carboxylic acids is 1. The molecule has 2 unspecified atom stereocenters. The Morgan fingerprint density at radius 1 is 1.13 bits per heavy atom. The van der Waals surface area contributed by atoms with Crippen LogP contribution in [0.15, 0.2) is 53.1 Å². The van der Waals surface area contributed by atoms with Crippen LogP contribution in [0, 0.1) is 5.92 Å². The molecule has 0 radical (unpaired) electrons. The first-order valence-electron chi connectivity index (χ1n) is 17.2. The molecule has 0 aliphatic carbocycles. The number of benzene rings is 2. The monoisotopic (exact) mass is 647 g/mol. The van der Waals surface area contributed by atoms with E-state index < -0.39 is 6.10 Å².